The number of nitrogens with zero attached hydrogens (tertiary/aromatic N) is 2. The lowest BCUT2D eigenvalue weighted by atomic mass is 10.1. The Balaban J connectivity index is 1.90. The van der Waals surface area contributed by atoms with E-state index < -0.39 is 52.5 Å². The van der Waals surface area contributed by atoms with Gasteiger partial charge in [-0.3, -0.25) is 9.89 Å². The molecule has 1 amide bonds. The molecule has 1 aliphatic heterocycles. The maximum absolute atomic E-state index is 15.0. The molecular weight excluding hydrogens is 408 g/mol. The third-order valence-electron chi connectivity index (χ3n) is 3.98. The van der Waals surface area contributed by atoms with Gasteiger partial charge >= 0.3 is 16.4 Å². The van der Waals surface area contributed by atoms with Crippen LogP contribution in [0.1, 0.15) is 18.5 Å². The van der Waals surface area contributed by atoms with Crippen molar-refractivity contribution in [3.8, 4) is 17.0 Å². The minimum Gasteiger partial charge on any atom is -0.506 e. The van der Waals surface area contributed by atoms with Crippen LogP contribution in [-0.2, 0) is 21.4 Å². The number of nitrogens with one attached hydrogen (secondary N) is 2. The summed E-state index contributed by atoms with van der Waals surface area (Å²) in [5.74, 6) is -2.74. The van der Waals surface area contributed by atoms with E-state index >= 15 is 0 Å². The number of amides is 1. The van der Waals surface area contributed by atoms with Crippen molar-refractivity contribution in [3.05, 3.63) is 29.7 Å². The van der Waals surface area contributed by atoms with Crippen LogP contribution in [0.3, 0.4) is 0 Å². The van der Waals surface area contributed by atoms with Crippen LogP contribution < -0.4 is 9.03 Å². The highest BCUT2D eigenvalue weighted by Crippen LogP contribution is 2.38. The summed E-state index contributed by atoms with van der Waals surface area (Å²) in [4.78, 5) is 11.4. The number of hydrogen-bond donors (Lipinski definition) is 3. The van der Waals surface area contributed by atoms with Gasteiger partial charge in [0.05, 0.1) is 5.69 Å². The van der Waals surface area contributed by atoms with E-state index in [0.717, 1.165) is 12.1 Å². The zero-order valence-corrected chi connectivity index (χ0v) is 14.9. The Morgan fingerprint density at radius 1 is 1.29 bits per heavy atom. The smallest absolute Gasteiger partial charge is 0.389 e. The number of hydrogen-bond acceptors (Lipinski definition) is 5. The first-order valence-corrected chi connectivity index (χ1v) is 9.38. The molecule has 152 valence electrons. The van der Waals surface area contributed by atoms with Gasteiger partial charge in [-0.15, -0.1) is 0 Å². The van der Waals surface area contributed by atoms with E-state index in [1.807, 2.05) is 0 Å². The lowest BCUT2D eigenvalue weighted by Gasteiger charge is -2.18. The first-order valence-electron chi connectivity index (χ1n) is 7.94. The number of phenols is 1. The topological polar surface area (TPSA) is 115 Å². The second-order valence-corrected chi connectivity index (χ2v) is 7.67. The van der Waals surface area contributed by atoms with Gasteiger partial charge in [-0.1, -0.05) is 0 Å². The number of aryl methyl sites for hydroxylation is 1. The third kappa shape index (κ3) is 4.03. The highest BCUT2D eigenvalue weighted by atomic mass is 32.2. The Morgan fingerprint density at radius 2 is 2.00 bits per heavy atom. The van der Waals surface area contributed by atoms with Gasteiger partial charge in [-0.2, -0.15) is 26.7 Å². The number of benzene rings is 1. The molecule has 3 N–H and O–H groups in total. The summed E-state index contributed by atoms with van der Waals surface area (Å²) < 4.78 is 77.5. The van der Waals surface area contributed by atoms with Gasteiger partial charge in [0.2, 0.25) is 0 Å². The summed E-state index contributed by atoms with van der Waals surface area (Å²) in [7, 11) is -4.36. The van der Waals surface area contributed by atoms with E-state index in [1.165, 1.54) is 6.07 Å². The Hall–Kier alpha value is -2.83. The summed E-state index contributed by atoms with van der Waals surface area (Å²) in [6.07, 6.45) is -5.42. The number of aromatic nitrogens is 2. The lowest BCUT2D eigenvalue weighted by Crippen LogP contribution is -2.30. The van der Waals surface area contributed by atoms with E-state index in [9.17, 15) is 35.9 Å². The van der Waals surface area contributed by atoms with E-state index in [1.54, 1.807) is 4.72 Å². The monoisotopic (exact) mass is 422 g/mol. The van der Waals surface area contributed by atoms with Crippen LogP contribution in [0.15, 0.2) is 18.2 Å². The third-order valence-corrected chi connectivity index (χ3v) is 5.36. The number of aromatic hydroxyl groups is 1. The summed E-state index contributed by atoms with van der Waals surface area (Å²) in [6, 6.07) is 3.50. The fraction of sp³-hybridized carbons (Fsp3) is 0.333. The summed E-state index contributed by atoms with van der Waals surface area (Å²) in [5.41, 5.74) is -0.575. The molecule has 0 atom stereocenters. The minimum absolute atomic E-state index is 0.0108. The zero-order chi connectivity index (χ0) is 20.7. The number of alkyl halides is 3. The summed E-state index contributed by atoms with van der Waals surface area (Å²) in [6.45, 7) is -0.709. The number of carbonyl (C=O) groups excluding carboxylic acids is 1. The molecule has 0 aliphatic carbocycles. The number of anilines is 1. The van der Waals surface area contributed by atoms with Crippen LogP contribution in [0, 0.1) is 5.82 Å². The lowest BCUT2D eigenvalue weighted by molar-refractivity contribution is -0.135. The first kappa shape index (κ1) is 19.9. The first-order chi connectivity index (χ1) is 13.0. The number of aromatic amines is 1. The molecule has 3 rings (SSSR count). The molecular formula is C15H14F4N4O4S. The molecule has 0 bridgehead atoms. The molecule has 0 radical (unpaired) electrons. The molecule has 28 heavy (non-hydrogen) atoms. The van der Waals surface area contributed by atoms with Crippen molar-refractivity contribution in [1.82, 2.24) is 14.9 Å². The number of carbonyl (C=O) groups is 1. The van der Waals surface area contributed by atoms with Crippen LogP contribution in [-0.4, -0.2) is 42.3 Å². The van der Waals surface area contributed by atoms with Gasteiger partial charge in [0.25, 0.3) is 5.91 Å². The number of halogens is 4. The fourth-order valence-corrected chi connectivity index (χ4v) is 3.91. The molecule has 1 fully saturated rings. The minimum atomic E-state index is -4.36. The molecule has 0 unspecified atom stereocenters. The molecule has 1 aromatic carbocycles. The number of H-pyrrole nitrogens is 1. The SMILES string of the molecule is O=C1CN(c2c(O)ccc(-c3cc(CCCC(F)(F)F)[nH]n3)c2F)S(=O)(=O)N1. The second-order valence-electron chi connectivity index (χ2n) is 6.08. The molecule has 1 saturated heterocycles. The van der Waals surface area contributed by atoms with Crippen LogP contribution >= 0.6 is 0 Å². The summed E-state index contributed by atoms with van der Waals surface area (Å²) in [5, 5.41) is 16.3. The molecule has 13 heteroatoms. The normalized spacial score (nSPS) is 16.4. The van der Waals surface area contributed by atoms with Crippen molar-refractivity contribution in [3.63, 3.8) is 0 Å². The maximum atomic E-state index is 15.0. The van der Waals surface area contributed by atoms with Crippen LogP contribution in [0.5, 0.6) is 5.75 Å². The van der Waals surface area contributed by atoms with Crippen molar-refractivity contribution in [2.45, 2.75) is 25.4 Å². The largest absolute Gasteiger partial charge is 0.506 e. The quantitative estimate of drug-likeness (QED) is 0.638. The van der Waals surface area contributed by atoms with Crippen LogP contribution in [0.2, 0.25) is 0 Å². The van der Waals surface area contributed by atoms with Gasteiger partial charge in [0, 0.05) is 17.7 Å². The standard InChI is InChI=1S/C15H14F4N4O4S/c16-13-9(10-6-8(20-21-10)2-1-5-15(17,18)19)3-4-11(24)14(13)23-7-12(25)22-28(23,26)27/h3-4,6,24H,1-2,5,7H2,(H,20,21)(H,22,25). The van der Waals surface area contributed by atoms with Gasteiger partial charge in [0.15, 0.2) is 5.82 Å². The van der Waals surface area contributed by atoms with Crippen molar-refractivity contribution in [2.24, 2.45) is 0 Å². The van der Waals surface area contributed by atoms with E-state index in [4.69, 9.17) is 0 Å². The predicted molar refractivity (Wildman–Crippen MR) is 89.0 cm³/mol. The number of phenolic OH excluding ortho intramolecular Hbond substituents is 1. The van der Waals surface area contributed by atoms with Crippen molar-refractivity contribution >= 4 is 21.8 Å². The molecule has 2 aromatic rings. The second kappa shape index (κ2) is 6.96. The zero-order valence-electron chi connectivity index (χ0n) is 14.0. The van der Waals surface area contributed by atoms with Crippen LogP contribution in [0.4, 0.5) is 23.2 Å². The predicted octanol–water partition coefficient (Wildman–Crippen LogP) is 1.99. The fourth-order valence-electron chi connectivity index (χ4n) is 2.74. The molecule has 0 saturated carbocycles. The molecule has 0 spiro atoms. The molecule has 1 aliphatic rings. The number of rotatable bonds is 5. The van der Waals surface area contributed by atoms with Gasteiger partial charge in [0.1, 0.15) is 18.0 Å². The van der Waals surface area contributed by atoms with Gasteiger partial charge < -0.3 is 5.11 Å². The molecule has 8 nitrogen and oxygen atoms in total. The van der Waals surface area contributed by atoms with Crippen LogP contribution in [0.25, 0.3) is 11.3 Å². The molecule has 2 heterocycles. The maximum Gasteiger partial charge on any atom is 0.389 e. The van der Waals surface area contributed by atoms with Gasteiger partial charge in [-0.25, -0.2) is 13.4 Å². The highest BCUT2D eigenvalue weighted by Gasteiger charge is 2.38. The Labute approximate surface area is 156 Å². The Morgan fingerprint density at radius 3 is 2.61 bits per heavy atom. The Bertz CT molecular complexity index is 1020. The summed E-state index contributed by atoms with van der Waals surface area (Å²) >= 11 is 0. The average Bonchev–Trinajstić information content (AvgIpc) is 3.10. The van der Waals surface area contributed by atoms with E-state index in [0.29, 0.717) is 10.00 Å². The van der Waals surface area contributed by atoms with Crippen molar-refractivity contribution < 1.29 is 35.9 Å². The van der Waals surface area contributed by atoms with Gasteiger partial charge in [-0.05, 0) is 31.0 Å². The highest BCUT2D eigenvalue weighted by molar-refractivity contribution is 7.92. The van der Waals surface area contributed by atoms with Crippen molar-refractivity contribution in [1.29, 1.82) is 0 Å². The van der Waals surface area contributed by atoms with E-state index in [-0.39, 0.29) is 24.1 Å². The van der Waals surface area contributed by atoms with E-state index in [2.05, 4.69) is 10.2 Å². The molecule has 1 aromatic heterocycles. The van der Waals surface area contributed by atoms with Crippen molar-refractivity contribution in [2.75, 3.05) is 10.8 Å². The average molecular weight is 422 g/mol. The Kier molecular flexibility index (Phi) is 4.95.